The molecule has 0 saturated carbocycles. The molecule has 2 amide bonds. The smallest absolute Gasteiger partial charge is 0.285 e. The summed E-state index contributed by atoms with van der Waals surface area (Å²) in [6.07, 6.45) is 1.73. The van der Waals surface area contributed by atoms with Crippen LogP contribution in [0.1, 0.15) is 54.1 Å². The number of aromatic nitrogens is 3. The summed E-state index contributed by atoms with van der Waals surface area (Å²) in [7, 11) is 1.47. The molecule has 1 fully saturated rings. The first kappa shape index (κ1) is 30.5. The molecule has 1 N–H and O–H groups in total. The van der Waals surface area contributed by atoms with E-state index in [1.54, 1.807) is 46.3 Å². The van der Waals surface area contributed by atoms with Gasteiger partial charge in [-0.05, 0) is 52.9 Å². The molecule has 14 heteroatoms. The lowest BCUT2D eigenvalue weighted by Crippen LogP contribution is -2.45. The molecule has 2 aliphatic rings. The second kappa shape index (κ2) is 11.3. The normalized spacial score (nSPS) is 21.2. The fourth-order valence-corrected chi connectivity index (χ4v) is 6.39. The number of amides is 2. The predicted molar refractivity (Wildman–Crippen MR) is 168 cm³/mol. The minimum absolute atomic E-state index is 0.0367. The van der Waals surface area contributed by atoms with E-state index in [2.05, 4.69) is 71.4 Å². The zero-order valence-corrected chi connectivity index (χ0v) is 27.8. The average molecular weight is 707 g/mol. The number of hydrogen-bond acceptors (Lipinski definition) is 8. The largest absolute Gasteiger partial charge is 0.414 e. The summed E-state index contributed by atoms with van der Waals surface area (Å²) >= 11 is 2.10. The standard InChI is InChI=1S/C28H35IN6O6Si/c1-28(2,3)42(6,7)39-14-20-19(41-35-25(37)16-10-8-9-11-17(16)26(35)38)12-21(40-20)34-13-18(29)22-23(34)31-27(32-24(22)36)30-15-33(4)5/h8-11,13,15,19-21H,12,14H2,1-7H3,(H,31,32,36)/t19-,20-,21-/m1/s1. The van der Waals surface area contributed by atoms with Gasteiger partial charge in [-0.3, -0.25) is 24.2 Å². The fourth-order valence-electron chi connectivity index (χ4n) is 4.59. The minimum atomic E-state index is -2.17. The van der Waals surface area contributed by atoms with Gasteiger partial charge >= 0.3 is 0 Å². The number of hydrogen-bond donors (Lipinski definition) is 1. The number of carbonyl (C=O) groups is 2. The molecule has 0 radical (unpaired) electrons. The molecule has 1 saturated heterocycles. The number of rotatable bonds is 8. The van der Waals surface area contributed by atoms with Gasteiger partial charge < -0.3 is 18.6 Å². The number of benzene rings is 1. The predicted octanol–water partition coefficient (Wildman–Crippen LogP) is 4.46. The van der Waals surface area contributed by atoms with Crippen molar-refractivity contribution in [3.8, 4) is 0 Å². The van der Waals surface area contributed by atoms with Gasteiger partial charge in [0.25, 0.3) is 17.4 Å². The van der Waals surface area contributed by atoms with Crippen molar-refractivity contribution in [1.82, 2.24) is 24.5 Å². The second-order valence-corrected chi connectivity index (χ2v) is 18.2. The number of fused-ring (bicyclic) bond motifs is 2. The highest BCUT2D eigenvalue weighted by Gasteiger charge is 2.46. The van der Waals surface area contributed by atoms with Gasteiger partial charge in [-0.15, -0.1) is 5.06 Å². The van der Waals surface area contributed by atoms with Gasteiger partial charge in [0.15, 0.2) is 14.0 Å². The van der Waals surface area contributed by atoms with Crippen molar-refractivity contribution in [2.75, 3.05) is 20.7 Å². The number of halogens is 1. The number of aromatic amines is 1. The highest BCUT2D eigenvalue weighted by molar-refractivity contribution is 14.1. The van der Waals surface area contributed by atoms with E-state index in [-0.39, 0.29) is 29.6 Å². The van der Waals surface area contributed by atoms with E-state index >= 15 is 0 Å². The molecule has 3 aromatic rings. The third kappa shape index (κ3) is 5.69. The van der Waals surface area contributed by atoms with Gasteiger partial charge in [0.2, 0.25) is 5.95 Å². The summed E-state index contributed by atoms with van der Waals surface area (Å²) < 4.78 is 15.5. The molecule has 0 aliphatic carbocycles. The third-order valence-electron chi connectivity index (χ3n) is 7.94. The Morgan fingerprint density at radius 2 is 1.83 bits per heavy atom. The Morgan fingerprint density at radius 3 is 2.43 bits per heavy atom. The molecule has 1 aromatic carbocycles. The van der Waals surface area contributed by atoms with Gasteiger partial charge in [0, 0.05) is 30.3 Å². The monoisotopic (exact) mass is 706 g/mol. The molecule has 3 atom stereocenters. The summed E-state index contributed by atoms with van der Waals surface area (Å²) in [5.74, 6) is -0.868. The fraction of sp³-hybridized carbons (Fsp3) is 0.464. The van der Waals surface area contributed by atoms with E-state index in [9.17, 15) is 14.4 Å². The molecule has 0 spiro atoms. The van der Waals surface area contributed by atoms with Crippen molar-refractivity contribution in [1.29, 1.82) is 0 Å². The van der Waals surface area contributed by atoms with Crippen LogP contribution in [0.2, 0.25) is 18.1 Å². The maximum absolute atomic E-state index is 13.1. The molecular weight excluding hydrogens is 671 g/mol. The van der Waals surface area contributed by atoms with Crippen LogP contribution in [-0.4, -0.2) is 83.9 Å². The first-order chi connectivity index (χ1) is 19.7. The van der Waals surface area contributed by atoms with Gasteiger partial charge in [-0.1, -0.05) is 32.9 Å². The Labute approximate surface area is 258 Å². The van der Waals surface area contributed by atoms with Crippen molar-refractivity contribution in [2.24, 2.45) is 4.99 Å². The maximum Gasteiger partial charge on any atom is 0.285 e. The summed E-state index contributed by atoms with van der Waals surface area (Å²) in [5.41, 5.74) is 0.688. The number of ether oxygens (including phenoxy) is 1. The van der Waals surface area contributed by atoms with E-state index in [0.29, 0.717) is 25.7 Å². The average Bonchev–Trinajstić information content (AvgIpc) is 3.54. The van der Waals surface area contributed by atoms with E-state index in [4.69, 9.17) is 14.0 Å². The molecule has 0 unspecified atom stereocenters. The summed E-state index contributed by atoms with van der Waals surface area (Å²) in [6.45, 7) is 11.0. The summed E-state index contributed by atoms with van der Waals surface area (Å²) in [5, 5.41) is 1.21. The lowest BCUT2D eigenvalue weighted by molar-refractivity contribution is -0.154. The van der Waals surface area contributed by atoms with Gasteiger partial charge in [0.1, 0.15) is 18.4 Å². The van der Waals surface area contributed by atoms with E-state index < -0.39 is 38.6 Å². The second-order valence-electron chi connectivity index (χ2n) is 12.2. The Hall–Kier alpha value is -2.92. The zero-order valence-electron chi connectivity index (χ0n) is 24.7. The lowest BCUT2D eigenvalue weighted by Gasteiger charge is -2.37. The maximum atomic E-state index is 13.1. The van der Waals surface area contributed by atoms with E-state index in [0.717, 1.165) is 5.06 Å². The highest BCUT2D eigenvalue weighted by Crippen LogP contribution is 2.40. The van der Waals surface area contributed by atoms with E-state index in [1.165, 1.54) is 0 Å². The van der Waals surface area contributed by atoms with E-state index in [1.807, 2.05) is 14.1 Å². The van der Waals surface area contributed by atoms with Crippen LogP contribution < -0.4 is 5.56 Å². The number of hydroxylamine groups is 2. The summed E-state index contributed by atoms with van der Waals surface area (Å²) in [6, 6.07) is 6.64. The molecule has 42 heavy (non-hydrogen) atoms. The van der Waals surface area contributed by atoms with Gasteiger partial charge in [-0.2, -0.15) is 4.98 Å². The van der Waals surface area contributed by atoms with Gasteiger partial charge in [0.05, 0.1) is 29.5 Å². The molecule has 5 rings (SSSR count). The topological polar surface area (TPSA) is 131 Å². The highest BCUT2D eigenvalue weighted by atomic mass is 127. The number of aliphatic imine (C=N–C) groups is 1. The number of nitrogens with one attached hydrogen (secondary N) is 1. The molecule has 12 nitrogen and oxygen atoms in total. The van der Waals surface area contributed by atoms with Crippen LogP contribution in [0.25, 0.3) is 11.0 Å². The van der Waals surface area contributed by atoms with Gasteiger partial charge in [-0.25, -0.2) is 4.99 Å². The summed E-state index contributed by atoms with van der Waals surface area (Å²) in [4.78, 5) is 58.7. The van der Waals surface area contributed by atoms with Crippen molar-refractivity contribution >= 4 is 66.0 Å². The van der Waals surface area contributed by atoms with Crippen LogP contribution in [0, 0.1) is 3.57 Å². The quantitative estimate of drug-likeness (QED) is 0.120. The van der Waals surface area contributed by atoms with Crippen LogP contribution in [0.3, 0.4) is 0 Å². The van der Waals surface area contributed by atoms with Crippen molar-refractivity contribution in [3.05, 3.63) is 55.5 Å². The molecule has 2 aliphatic heterocycles. The first-order valence-electron chi connectivity index (χ1n) is 13.6. The first-order valence-corrected chi connectivity index (χ1v) is 17.6. The molecule has 224 valence electrons. The minimum Gasteiger partial charge on any atom is -0.414 e. The Balaban J connectivity index is 1.48. The molecule has 4 heterocycles. The number of imide groups is 1. The third-order valence-corrected chi connectivity index (χ3v) is 13.3. The molecule has 2 aromatic heterocycles. The lowest BCUT2D eigenvalue weighted by atomic mass is 10.1. The van der Waals surface area contributed by atoms with Crippen LogP contribution in [-0.2, 0) is 14.0 Å². The van der Waals surface area contributed by atoms with Crippen LogP contribution in [0.5, 0.6) is 0 Å². The number of nitrogens with zero attached hydrogens (tertiary/aromatic N) is 5. The Kier molecular flexibility index (Phi) is 8.21. The zero-order chi connectivity index (χ0) is 30.6. The van der Waals surface area contributed by atoms with Crippen molar-refractivity contribution in [2.45, 2.75) is 63.8 Å². The van der Waals surface area contributed by atoms with Crippen LogP contribution >= 0.6 is 22.6 Å². The Morgan fingerprint density at radius 1 is 1.19 bits per heavy atom. The Bertz CT molecular complexity index is 1590. The number of H-pyrrole nitrogens is 1. The molecular formula is C28H35IN6O6Si. The van der Waals surface area contributed by atoms with Crippen LogP contribution in [0.4, 0.5) is 5.95 Å². The SMILES string of the molecule is CN(C)C=Nc1nc2c(c(I)cn2[C@H]2C[C@@H](ON3C(=O)c4ccccc4C3=O)[C@@H](CO[Si](C)(C)C(C)(C)C)O2)c(=O)[nH]1. The van der Waals surface area contributed by atoms with Crippen molar-refractivity contribution < 1.29 is 23.6 Å². The van der Waals surface area contributed by atoms with Crippen molar-refractivity contribution in [3.63, 3.8) is 0 Å². The molecule has 0 bridgehead atoms. The van der Waals surface area contributed by atoms with Crippen LogP contribution in [0.15, 0.2) is 40.2 Å². The number of carbonyl (C=O) groups excluding carboxylic acids is 2.